The molecule has 2 aromatic carbocycles. The van der Waals surface area contributed by atoms with Crippen molar-refractivity contribution in [1.29, 1.82) is 0 Å². The molecule has 1 aliphatic rings. The first kappa shape index (κ1) is 24.0. The Kier molecular flexibility index (Phi) is 7.08. The fraction of sp³-hybridized carbons (Fsp3) is 0.357. The molecule has 1 unspecified atom stereocenters. The molecule has 0 radical (unpaired) electrons. The van der Waals surface area contributed by atoms with E-state index in [0.717, 1.165) is 36.1 Å². The predicted molar refractivity (Wildman–Crippen MR) is 139 cm³/mol. The first-order valence-corrected chi connectivity index (χ1v) is 12.5. The van der Waals surface area contributed by atoms with Gasteiger partial charge in [-0.15, -0.1) is 11.3 Å². The molecule has 2 N–H and O–H groups in total. The molecule has 0 bridgehead atoms. The summed E-state index contributed by atoms with van der Waals surface area (Å²) in [5, 5.41) is 6.58. The van der Waals surface area contributed by atoms with Crippen molar-refractivity contribution in [1.82, 2.24) is 0 Å². The van der Waals surface area contributed by atoms with Crippen LogP contribution in [0.2, 0.25) is 0 Å². The number of ether oxygens (including phenoxy) is 1. The fourth-order valence-electron chi connectivity index (χ4n) is 4.31. The van der Waals surface area contributed by atoms with E-state index in [9.17, 15) is 9.59 Å². The molecule has 178 valence electrons. The summed E-state index contributed by atoms with van der Waals surface area (Å²) in [5.74, 6) is 0.708. The monoisotopic (exact) mass is 476 g/mol. The molecule has 1 aliphatic carbocycles. The van der Waals surface area contributed by atoms with E-state index in [4.69, 9.17) is 4.74 Å². The van der Waals surface area contributed by atoms with Crippen molar-refractivity contribution in [2.75, 3.05) is 17.2 Å². The van der Waals surface area contributed by atoms with Crippen LogP contribution in [-0.4, -0.2) is 18.4 Å². The summed E-state index contributed by atoms with van der Waals surface area (Å²) < 4.78 is 5.60. The van der Waals surface area contributed by atoms with E-state index in [1.807, 2.05) is 61.5 Å². The smallest absolute Gasteiger partial charge is 0.262 e. The van der Waals surface area contributed by atoms with Gasteiger partial charge in [0.2, 0.25) is 0 Å². The fourth-order valence-corrected chi connectivity index (χ4v) is 5.65. The van der Waals surface area contributed by atoms with E-state index >= 15 is 0 Å². The van der Waals surface area contributed by atoms with Gasteiger partial charge in [-0.3, -0.25) is 9.59 Å². The van der Waals surface area contributed by atoms with Gasteiger partial charge in [-0.05, 0) is 67.3 Å². The second kappa shape index (κ2) is 10.0. The van der Waals surface area contributed by atoms with Crippen molar-refractivity contribution in [2.45, 2.75) is 47.0 Å². The largest absolute Gasteiger partial charge is 0.484 e. The van der Waals surface area contributed by atoms with Crippen LogP contribution in [0.3, 0.4) is 0 Å². The normalized spacial score (nSPS) is 15.4. The molecule has 4 rings (SSSR count). The molecular formula is C28H32N2O3S. The molecule has 1 aromatic heterocycles. The minimum Gasteiger partial charge on any atom is -0.484 e. The number of anilines is 2. The molecule has 1 heterocycles. The van der Waals surface area contributed by atoms with Gasteiger partial charge in [0, 0.05) is 10.6 Å². The lowest BCUT2D eigenvalue weighted by atomic mass is 9.72. The third-order valence-corrected chi connectivity index (χ3v) is 7.56. The standard InChI is InChI=1S/C28H32N2O3S/c1-18-10-13-20(14-11-18)29-26(32)25-22-15-12-19(28(2,3)4)16-23(22)34-27(25)30-24(31)17-33-21-8-6-5-7-9-21/h5-11,13-14,19H,12,15-17H2,1-4H3,(H,29,32)(H,30,31). The van der Waals surface area contributed by atoms with Crippen LogP contribution < -0.4 is 15.4 Å². The molecule has 1 atom stereocenters. The summed E-state index contributed by atoms with van der Waals surface area (Å²) in [4.78, 5) is 27.3. The van der Waals surface area contributed by atoms with E-state index in [1.165, 1.54) is 16.2 Å². The Morgan fingerprint density at radius 3 is 2.41 bits per heavy atom. The minimum atomic E-state index is -0.279. The van der Waals surface area contributed by atoms with E-state index in [1.54, 1.807) is 0 Å². The van der Waals surface area contributed by atoms with Crippen LogP contribution in [-0.2, 0) is 17.6 Å². The first-order chi connectivity index (χ1) is 16.2. The number of benzene rings is 2. The average molecular weight is 477 g/mol. The maximum absolute atomic E-state index is 13.4. The Hall–Kier alpha value is -3.12. The number of amides is 2. The number of hydrogen-bond donors (Lipinski definition) is 2. The van der Waals surface area contributed by atoms with Gasteiger partial charge in [-0.1, -0.05) is 56.7 Å². The molecule has 0 saturated carbocycles. The van der Waals surface area contributed by atoms with E-state index in [0.29, 0.717) is 22.2 Å². The van der Waals surface area contributed by atoms with Crippen molar-refractivity contribution in [3.05, 3.63) is 76.2 Å². The number of fused-ring (bicyclic) bond motifs is 1. The quantitative estimate of drug-likeness (QED) is 0.428. The van der Waals surface area contributed by atoms with E-state index in [2.05, 4.69) is 31.4 Å². The van der Waals surface area contributed by atoms with Crippen LogP contribution in [0.1, 0.15) is 53.6 Å². The summed E-state index contributed by atoms with van der Waals surface area (Å²) in [6, 6.07) is 17.0. The van der Waals surface area contributed by atoms with Crippen LogP contribution in [0.4, 0.5) is 10.7 Å². The van der Waals surface area contributed by atoms with Crippen molar-refractivity contribution < 1.29 is 14.3 Å². The number of hydrogen-bond acceptors (Lipinski definition) is 4. The molecule has 0 saturated heterocycles. The minimum absolute atomic E-state index is 0.115. The Morgan fingerprint density at radius 2 is 1.74 bits per heavy atom. The van der Waals surface area contributed by atoms with Crippen LogP contribution in [0.5, 0.6) is 5.75 Å². The number of rotatable bonds is 6. The van der Waals surface area contributed by atoms with Crippen LogP contribution >= 0.6 is 11.3 Å². The molecule has 0 fully saturated rings. The molecule has 34 heavy (non-hydrogen) atoms. The summed E-state index contributed by atoms with van der Waals surface area (Å²) in [6.45, 7) is 8.70. The lowest BCUT2D eigenvalue weighted by molar-refractivity contribution is -0.118. The molecule has 6 heteroatoms. The lowest BCUT2D eigenvalue weighted by Crippen LogP contribution is -2.27. The zero-order valence-corrected chi connectivity index (χ0v) is 21.1. The summed E-state index contributed by atoms with van der Waals surface area (Å²) in [7, 11) is 0. The maximum atomic E-state index is 13.4. The van der Waals surface area contributed by atoms with Crippen LogP contribution in [0.25, 0.3) is 0 Å². The molecule has 0 spiro atoms. The van der Waals surface area contributed by atoms with Gasteiger partial charge in [-0.2, -0.15) is 0 Å². The van der Waals surface area contributed by atoms with Gasteiger partial charge < -0.3 is 15.4 Å². The Bertz CT molecular complexity index is 1160. The number of carbonyl (C=O) groups excluding carboxylic acids is 2. The topological polar surface area (TPSA) is 67.4 Å². The average Bonchev–Trinajstić information content (AvgIpc) is 3.16. The van der Waals surface area contributed by atoms with Crippen molar-refractivity contribution in [3.63, 3.8) is 0 Å². The van der Waals surface area contributed by atoms with Gasteiger partial charge in [0.15, 0.2) is 6.61 Å². The third kappa shape index (κ3) is 5.68. The van der Waals surface area contributed by atoms with Crippen molar-refractivity contribution in [3.8, 4) is 5.75 Å². The maximum Gasteiger partial charge on any atom is 0.262 e. The molecule has 3 aromatic rings. The lowest BCUT2D eigenvalue weighted by Gasteiger charge is -2.33. The number of carbonyl (C=O) groups is 2. The SMILES string of the molecule is Cc1ccc(NC(=O)c2c(NC(=O)COc3ccccc3)sc3c2CCC(C(C)(C)C)C3)cc1. The second-order valence-corrected chi connectivity index (χ2v) is 11.1. The van der Waals surface area contributed by atoms with E-state index in [-0.39, 0.29) is 23.8 Å². The highest BCUT2D eigenvalue weighted by atomic mass is 32.1. The first-order valence-electron chi connectivity index (χ1n) is 11.7. The zero-order chi connectivity index (χ0) is 24.3. The third-order valence-electron chi connectivity index (χ3n) is 6.39. The highest BCUT2D eigenvalue weighted by molar-refractivity contribution is 7.17. The zero-order valence-electron chi connectivity index (χ0n) is 20.2. The summed E-state index contributed by atoms with van der Waals surface area (Å²) in [5.41, 5.74) is 3.71. The van der Waals surface area contributed by atoms with Crippen LogP contribution in [0, 0.1) is 18.3 Å². The van der Waals surface area contributed by atoms with Gasteiger partial charge in [0.05, 0.1) is 5.56 Å². The van der Waals surface area contributed by atoms with Crippen molar-refractivity contribution in [2.24, 2.45) is 11.3 Å². The Labute approximate surface area is 205 Å². The summed E-state index contributed by atoms with van der Waals surface area (Å²) in [6.07, 6.45) is 2.79. The predicted octanol–water partition coefficient (Wildman–Crippen LogP) is 6.48. The Morgan fingerprint density at radius 1 is 1.03 bits per heavy atom. The summed E-state index contributed by atoms with van der Waals surface area (Å²) >= 11 is 1.52. The highest BCUT2D eigenvalue weighted by Crippen LogP contribution is 2.44. The van der Waals surface area contributed by atoms with Gasteiger partial charge in [0.25, 0.3) is 11.8 Å². The molecular weight excluding hydrogens is 444 g/mol. The Balaban J connectivity index is 1.57. The second-order valence-electron chi connectivity index (χ2n) is 9.98. The molecule has 5 nitrogen and oxygen atoms in total. The number of para-hydroxylation sites is 1. The van der Waals surface area contributed by atoms with Crippen molar-refractivity contribution >= 4 is 33.8 Å². The number of aryl methyl sites for hydroxylation is 1. The van der Waals surface area contributed by atoms with Gasteiger partial charge >= 0.3 is 0 Å². The van der Waals surface area contributed by atoms with Gasteiger partial charge in [-0.25, -0.2) is 0 Å². The number of thiophene rings is 1. The van der Waals surface area contributed by atoms with E-state index < -0.39 is 0 Å². The molecule has 0 aliphatic heterocycles. The molecule has 2 amide bonds. The highest BCUT2D eigenvalue weighted by Gasteiger charge is 2.34. The number of nitrogens with one attached hydrogen (secondary N) is 2. The van der Waals surface area contributed by atoms with Gasteiger partial charge in [0.1, 0.15) is 10.8 Å². The van der Waals surface area contributed by atoms with Crippen LogP contribution in [0.15, 0.2) is 54.6 Å².